The minimum Gasteiger partial charge on any atom is -0.324 e. The number of hydrogen-bond acceptors (Lipinski definition) is 4. The molecule has 1 heterocycles. The van der Waals surface area contributed by atoms with Gasteiger partial charge < -0.3 is 5.32 Å². The van der Waals surface area contributed by atoms with Crippen LogP contribution < -0.4 is 5.32 Å². The molecule has 1 atom stereocenters. The first-order valence-corrected chi connectivity index (χ1v) is 10.4. The number of rotatable bonds is 5. The van der Waals surface area contributed by atoms with Gasteiger partial charge in [0.25, 0.3) is 5.91 Å². The first-order chi connectivity index (χ1) is 14.7. The van der Waals surface area contributed by atoms with E-state index in [1.54, 1.807) is 12.2 Å². The zero-order valence-electron chi connectivity index (χ0n) is 16.2. The van der Waals surface area contributed by atoms with Crippen molar-refractivity contribution in [2.45, 2.75) is 19.1 Å². The maximum atomic E-state index is 12.9. The summed E-state index contributed by atoms with van der Waals surface area (Å²) in [5, 5.41) is 2.42. The molecule has 2 amide bonds. The van der Waals surface area contributed by atoms with Gasteiger partial charge in [0.05, 0.1) is 10.5 Å². The zero-order chi connectivity index (χ0) is 22.6. The maximum Gasteiger partial charge on any atom is 0.416 e. The van der Waals surface area contributed by atoms with Gasteiger partial charge >= 0.3 is 6.18 Å². The van der Waals surface area contributed by atoms with Crippen molar-refractivity contribution in [1.29, 1.82) is 0 Å². The molecule has 1 aliphatic heterocycles. The van der Waals surface area contributed by atoms with Crippen molar-refractivity contribution in [3.8, 4) is 0 Å². The molecule has 4 nitrogen and oxygen atoms in total. The molecule has 0 aliphatic carbocycles. The van der Waals surface area contributed by atoms with E-state index in [9.17, 15) is 22.8 Å². The van der Waals surface area contributed by atoms with Crippen LogP contribution in [0.25, 0.3) is 6.08 Å². The molecule has 31 heavy (non-hydrogen) atoms. The third-order valence-corrected chi connectivity index (χ3v) is 5.73. The Morgan fingerprint density at radius 2 is 1.87 bits per heavy atom. The summed E-state index contributed by atoms with van der Waals surface area (Å²) in [6.07, 6.45) is 0.636. The first kappa shape index (κ1) is 22.8. The van der Waals surface area contributed by atoms with Crippen LogP contribution in [0.2, 0.25) is 0 Å². The minimum absolute atomic E-state index is 0.0153. The van der Waals surface area contributed by atoms with Crippen LogP contribution in [0.15, 0.2) is 71.7 Å². The number of thiocarbonyl (C=S) groups is 1. The molecule has 1 aliphatic rings. The summed E-state index contributed by atoms with van der Waals surface area (Å²) in [4.78, 5) is 26.8. The molecule has 1 fully saturated rings. The Kier molecular flexibility index (Phi) is 6.97. The molecule has 1 unspecified atom stereocenters. The minimum atomic E-state index is -4.53. The molecular formula is C22H17F3N2O2S2. The highest BCUT2D eigenvalue weighted by Gasteiger charge is 2.38. The van der Waals surface area contributed by atoms with E-state index in [4.69, 9.17) is 12.2 Å². The van der Waals surface area contributed by atoms with Crippen molar-refractivity contribution in [3.05, 3.63) is 82.8 Å². The third kappa shape index (κ3) is 5.62. The van der Waals surface area contributed by atoms with E-state index in [2.05, 4.69) is 5.32 Å². The van der Waals surface area contributed by atoms with E-state index in [0.29, 0.717) is 4.91 Å². The van der Waals surface area contributed by atoms with Gasteiger partial charge in [-0.25, -0.2) is 0 Å². The number of hydrogen-bond donors (Lipinski definition) is 1. The van der Waals surface area contributed by atoms with Crippen LogP contribution in [0.1, 0.15) is 18.1 Å². The first-order valence-electron chi connectivity index (χ1n) is 9.14. The number of nitrogens with one attached hydrogen (secondary N) is 1. The van der Waals surface area contributed by atoms with Crippen molar-refractivity contribution in [3.63, 3.8) is 0 Å². The molecular weight excluding hydrogens is 445 g/mol. The lowest BCUT2D eigenvalue weighted by Gasteiger charge is -2.22. The molecule has 1 N–H and O–H groups in total. The average Bonchev–Trinajstić information content (AvgIpc) is 3.01. The number of benzene rings is 2. The van der Waals surface area contributed by atoms with Crippen molar-refractivity contribution in [2.24, 2.45) is 0 Å². The zero-order valence-corrected chi connectivity index (χ0v) is 17.9. The van der Waals surface area contributed by atoms with E-state index in [1.807, 2.05) is 36.4 Å². The quantitative estimate of drug-likeness (QED) is 0.472. The Morgan fingerprint density at radius 1 is 1.16 bits per heavy atom. The standard InChI is InChI=1S/C22H17F3N2O2S2/c1-14(19(28)26-17-11-6-10-16(13-17)22(23,24)25)27-20(29)18(31-21(27)30)12-5-9-15-7-3-2-4-8-15/h2-14H,1H3,(H,26,28)/b9-5+,18-12-. The van der Waals surface area contributed by atoms with Crippen LogP contribution in [-0.2, 0) is 15.8 Å². The van der Waals surface area contributed by atoms with Gasteiger partial charge in [0, 0.05) is 5.69 Å². The molecule has 0 saturated carbocycles. The van der Waals surface area contributed by atoms with Gasteiger partial charge in [0.2, 0.25) is 5.91 Å². The van der Waals surface area contributed by atoms with E-state index in [1.165, 1.54) is 19.1 Å². The number of alkyl halides is 3. The number of amides is 2. The number of halogens is 3. The fraction of sp³-hybridized carbons (Fsp3) is 0.136. The highest BCUT2D eigenvalue weighted by molar-refractivity contribution is 8.26. The number of carbonyl (C=O) groups excluding carboxylic acids is 2. The van der Waals surface area contributed by atoms with E-state index in [-0.39, 0.29) is 10.0 Å². The van der Waals surface area contributed by atoms with Crippen LogP contribution >= 0.6 is 24.0 Å². The fourth-order valence-electron chi connectivity index (χ4n) is 2.78. The number of nitrogens with zero attached hydrogens (tertiary/aromatic N) is 1. The highest BCUT2D eigenvalue weighted by Crippen LogP contribution is 2.33. The Morgan fingerprint density at radius 3 is 2.55 bits per heavy atom. The Labute approximate surface area is 186 Å². The molecule has 0 radical (unpaired) electrons. The van der Waals surface area contributed by atoms with Crippen molar-refractivity contribution in [1.82, 2.24) is 4.90 Å². The monoisotopic (exact) mass is 462 g/mol. The maximum absolute atomic E-state index is 12.9. The summed E-state index contributed by atoms with van der Waals surface area (Å²) in [5.41, 5.74) is 0.0678. The second-order valence-corrected chi connectivity index (χ2v) is 8.26. The molecule has 3 rings (SSSR count). The van der Waals surface area contributed by atoms with Gasteiger partial charge in [-0.3, -0.25) is 14.5 Å². The van der Waals surface area contributed by atoms with Crippen molar-refractivity contribution >= 4 is 51.9 Å². The molecule has 2 aromatic rings. The van der Waals surface area contributed by atoms with Gasteiger partial charge in [0.1, 0.15) is 10.4 Å². The SMILES string of the molecule is CC(C(=O)Nc1cccc(C(F)(F)F)c1)N1C(=O)/C(=C/C=C/c2ccccc2)SC1=S. The topological polar surface area (TPSA) is 49.4 Å². The Balaban J connectivity index is 1.70. The molecule has 9 heteroatoms. The molecule has 0 bridgehead atoms. The highest BCUT2D eigenvalue weighted by atomic mass is 32.2. The number of anilines is 1. The number of allylic oxidation sites excluding steroid dienone is 2. The van der Waals surface area contributed by atoms with Crippen molar-refractivity contribution in [2.75, 3.05) is 5.32 Å². The molecule has 2 aromatic carbocycles. The third-order valence-electron chi connectivity index (χ3n) is 4.38. The summed E-state index contributed by atoms with van der Waals surface area (Å²) >= 11 is 6.31. The van der Waals surface area contributed by atoms with Crippen LogP contribution in [0.4, 0.5) is 18.9 Å². The van der Waals surface area contributed by atoms with E-state index < -0.39 is 29.6 Å². The predicted molar refractivity (Wildman–Crippen MR) is 120 cm³/mol. The van der Waals surface area contributed by atoms with Crippen LogP contribution in [0.3, 0.4) is 0 Å². The number of carbonyl (C=O) groups is 2. The molecule has 0 spiro atoms. The van der Waals surface area contributed by atoms with Crippen LogP contribution in [0.5, 0.6) is 0 Å². The Hall–Kier alpha value is -2.91. The largest absolute Gasteiger partial charge is 0.416 e. The summed E-state index contributed by atoms with van der Waals surface area (Å²) in [6.45, 7) is 1.47. The molecule has 160 valence electrons. The van der Waals surface area contributed by atoms with Gasteiger partial charge in [-0.2, -0.15) is 13.2 Å². The van der Waals surface area contributed by atoms with Crippen LogP contribution in [0, 0.1) is 0 Å². The summed E-state index contributed by atoms with van der Waals surface area (Å²) in [7, 11) is 0. The lowest BCUT2D eigenvalue weighted by atomic mass is 10.2. The second-order valence-electron chi connectivity index (χ2n) is 6.59. The van der Waals surface area contributed by atoms with Crippen molar-refractivity contribution < 1.29 is 22.8 Å². The van der Waals surface area contributed by atoms with Gasteiger partial charge in [-0.15, -0.1) is 0 Å². The summed E-state index contributed by atoms with van der Waals surface area (Å²) in [5.74, 6) is -1.07. The molecule has 1 saturated heterocycles. The lowest BCUT2D eigenvalue weighted by Crippen LogP contribution is -2.44. The Bertz CT molecular complexity index is 1070. The second kappa shape index (κ2) is 9.49. The average molecular weight is 463 g/mol. The molecule has 0 aromatic heterocycles. The smallest absolute Gasteiger partial charge is 0.324 e. The fourth-order valence-corrected chi connectivity index (χ4v) is 4.15. The van der Waals surface area contributed by atoms with E-state index >= 15 is 0 Å². The van der Waals surface area contributed by atoms with Gasteiger partial charge in [-0.05, 0) is 36.8 Å². The summed E-state index contributed by atoms with van der Waals surface area (Å²) < 4.78 is 38.8. The van der Waals surface area contributed by atoms with E-state index in [0.717, 1.165) is 34.4 Å². The number of thioether (sulfide) groups is 1. The van der Waals surface area contributed by atoms with Crippen LogP contribution in [-0.4, -0.2) is 27.1 Å². The lowest BCUT2D eigenvalue weighted by molar-refractivity contribution is -0.137. The summed E-state index contributed by atoms with van der Waals surface area (Å²) in [6, 6.07) is 12.8. The van der Waals surface area contributed by atoms with Gasteiger partial charge in [0.15, 0.2) is 0 Å². The predicted octanol–water partition coefficient (Wildman–Crippen LogP) is 5.49. The normalized spacial score (nSPS) is 16.9. The van der Waals surface area contributed by atoms with Gasteiger partial charge in [-0.1, -0.05) is 72.5 Å².